The number of nitrogens with zero attached hydrogens (tertiary/aromatic N) is 1. The molecule has 1 aliphatic carbocycles. The minimum atomic E-state index is -0.815. The summed E-state index contributed by atoms with van der Waals surface area (Å²) in [6.07, 6.45) is 2.01. The molecule has 162 valence electrons. The van der Waals surface area contributed by atoms with Crippen LogP contribution in [0, 0.1) is 24.7 Å². The molecule has 0 spiro atoms. The summed E-state index contributed by atoms with van der Waals surface area (Å²) in [6.45, 7) is 1.94. The highest BCUT2D eigenvalue weighted by Gasteiger charge is 2.60. The van der Waals surface area contributed by atoms with Crippen molar-refractivity contribution in [1.29, 1.82) is 0 Å². The van der Waals surface area contributed by atoms with E-state index in [2.05, 4.69) is 0 Å². The molecule has 0 N–H and O–H groups in total. The number of fused-ring (bicyclic) bond motifs is 5. The smallest absolute Gasteiger partial charge is 0.319 e. The van der Waals surface area contributed by atoms with Gasteiger partial charge in [-0.2, -0.15) is 0 Å². The first kappa shape index (κ1) is 19.7. The second kappa shape index (κ2) is 7.27. The predicted octanol–water partition coefficient (Wildman–Crippen LogP) is 4.52. The Hall–Kier alpha value is -3.99. The summed E-state index contributed by atoms with van der Waals surface area (Å²) in [7, 11) is 0. The number of imide groups is 1. The number of ether oxygens (including phenoxy) is 1. The molecule has 2 amide bonds. The molecule has 2 aliphatic heterocycles. The van der Waals surface area contributed by atoms with Crippen molar-refractivity contribution in [2.45, 2.75) is 12.8 Å². The summed E-state index contributed by atoms with van der Waals surface area (Å²) in [5.74, 6) is -3.22. The van der Waals surface area contributed by atoms with Gasteiger partial charge in [-0.3, -0.25) is 14.4 Å². The zero-order valence-corrected chi connectivity index (χ0v) is 18.0. The molecule has 3 aromatic rings. The fourth-order valence-electron chi connectivity index (χ4n) is 5.50. The molecule has 1 saturated heterocycles. The Morgan fingerprint density at radius 1 is 0.788 bits per heavy atom. The lowest BCUT2D eigenvalue weighted by atomic mass is 9.64. The monoisotopic (exact) mass is 435 g/mol. The second-order valence-corrected chi connectivity index (χ2v) is 8.86. The SMILES string of the molecule is Cc1ccc2c(c1)OC(=O)[C@@H]1C2=C[C@H](c2ccccc2)[C@H]2C(=O)N(c3ccccc3)C(=O)[C@@H]12. The number of hydrogen-bond donors (Lipinski definition) is 0. The molecule has 0 unspecified atom stereocenters. The summed E-state index contributed by atoms with van der Waals surface area (Å²) in [5, 5.41) is 0. The van der Waals surface area contributed by atoms with E-state index in [9.17, 15) is 14.4 Å². The van der Waals surface area contributed by atoms with Crippen LogP contribution in [0.3, 0.4) is 0 Å². The third kappa shape index (κ3) is 2.89. The Balaban J connectivity index is 1.56. The van der Waals surface area contributed by atoms with E-state index in [0.717, 1.165) is 22.3 Å². The molecule has 6 rings (SSSR count). The van der Waals surface area contributed by atoms with E-state index >= 15 is 0 Å². The number of aryl methyl sites for hydroxylation is 1. The molecule has 5 heteroatoms. The largest absolute Gasteiger partial charge is 0.425 e. The molecule has 33 heavy (non-hydrogen) atoms. The van der Waals surface area contributed by atoms with Crippen molar-refractivity contribution in [1.82, 2.24) is 0 Å². The number of carbonyl (C=O) groups excluding carboxylic acids is 3. The summed E-state index contributed by atoms with van der Waals surface area (Å²) >= 11 is 0. The Morgan fingerprint density at radius 2 is 1.45 bits per heavy atom. The third-order valence-electron chi connectivity index (χ3n) is 6.95. The van der Waals surface area contributed by atoms with Crippen molar-refractivity contribution >= 4 is 29.0 Å². The highest BCUT2D eigenvalue weighted by molar-refractivity contribution is 6.24. The van der Waals surface area contributed by atoms with Crippen molar-refractivity contribution in [2.75, 3.05) is 4.90 Å². The van der Waals surface area contributed by atoms with Crippen molar-refractivity contribution in [3.63, 3.8) is 0 Å². The Kier molecular flexibility index (Phi) is 4.34. The fraction of sp³-hybridized carbons (Fsp3) is 0.179. The number of esters is 1. The van der Waals surface area contributed by atoms with E-state index in [-0.39, 0.29) is 17.7 Å². The van der Waals surface area contributed by atoms with Crippen LogP contribution in [0.2, 0.25) is 0 Å². The maximum Gasteiger partial charge on any atom is 0.319 e. The molecule has 0 saturated carbocycles. The van der Waals surface area contributed by atoms with E-state index in [4.69, 9.17) is 4.74 Å². The van der Waals surface area contributed by atoms with Crippen LogP contribution in [0.1, 0.15) is 22.6 Å². The highest BCUT2D eigenvalue weighted by Crippen LogP contribution is 2.54. The normalized spacial score (nSPS) is 25.7. The number of allylic oxidation sites excluding steroid dienone is 1. The van der Waals surface area contributed by atoms with Gasteiger partial charge < -0.3 is 4.74 Å². The first-order valence-corrected chi connectivity index (χ1v) is 11.1. The number of rotatable bonds is 2. The highest BCUT2D eigenvalue weighted by atomic mass is 16.5. The van der Waals surface area contributed by atoms with E-state index in [1.165, 1.54) is 4.90 Å². The van der Waals surface area contributed by atoms with E-state index in [0.29, 0.717) is 11.4 Å². The number of anilines is 1. The number of amides is 2. The van der Waals surface area contributed by atoms with E-state index in [1.54, 1.807) is 24.3 Å². The van der Waals surface area contributed by atoms with Crippen LogP contribution < -0.4 is 9.64 Å². The molecule has 3 aliphatic rings. The molecule has 1 fully saturated rings. The van der Waals surface area contributed by atoms with Gasteiger partial charge in [0.1, 0.15) is 5.75 Å². The van der Waals surface area contributed by atoms with E-state index < -0.39 is 23.7 Å². The average molecular weight is 435 g/mol. The van der Waals surface area contributed by atoms with Crippen LogP contribution in [0.25, 0.3) is 5.57 Å². The fourth-order valence-corrected chi connectivity index (χ4v) is 5.50. The summed E-state index contributed by atoms with van der Waals surface area (Å²) in [4.78, 5) is 42.0. The van der Waals surface area contributed by atoms with Gasteiger partial charge >= 0.3 is 5.97 Å². The van der Waals surface area contributed by atoms with Crippen molar-refractivity contribution in [2.24, 2.45) is 17.8 Å². The molecular weight excluding hydrogens is 414 g/mol. The maximum absolute atomic E-state index is 13.8. The summed E-state index contributed by atoms with van der Waals surface area (Å²) in [6, 6.07) is 24.4. The zero-order chi connectivity index (χ0) is 22.7. The standard InChI is InChI=1S/C28H21NO4/c1-16-12-13-19-21-15-20(17-8-4-2-5-9-17)23-25(24(21)28(32)33-22(19)14-16)27(31)29(26(23)30)18-10-6-3-7-11-18/h2-15,20,23-25H,1H3/t20-,23-,24-,25-/m1/s1. The molecule has 0 bridgehead atoms. The van der Waals surface area contributed by atoms with Crippen molar-refractivity contribution in [3.05, 3.63) is 102 Å². The molecule has 4 atom stereocenters. The topological polar surface area (TPSA) is 63.7 Å². The van der Waals surface area contributed by atoms with Crippen LogP contribution >= 0.6 is 0 Å². The predicted molar refractivity (Wildman–Crippen MR) is 123 cm³/mol. The van der Waals surface area contributed by atoms with Crippen LogP contribution in [-0.4, -0.2) is 17.8 Å². The van der Waals surface area contributed by atoms with Gasteiger partial charge in [0.2, 0.25) is 11.8 Å². The second-order valence-electron chi connectivity index (χ2n) is 8.86. The minimum Gasteiger partial charge on any atom is -0.425 e. The first-order chi connectivity index (χ1) is 16.0. The van der Waals surface area contributed by atoms with Gasteiger partial charge in [0.15, 0.2) is 0 Å². The lowest BCUT2D eigenvalue weighted by molar-refractivity contribution is -0.142. The van der Waals surface area contributed by atoms with Gasteiger partial charge in [0.05, 0.1) is 23.4 Å². The third-order valence-corrected chi connectivity index (χ3v) is 6.95. The minimum absolute atomic E-state index is 0.275. The number of benzene rings is 3. The Bertz CT molecular complexity index is 1330. The lowest BCUT2D eigenvalue weighted by Gasteiger charge is -2.38. The number of para-hydroxylation sites is 1. The van der Waals surface area contributed by atoms with Gasteiger partial charge in [-0.05, 0) is 41.8 Å². The van der Waals surface area contributed by atoms with Gasteiger partial charge in [-0.15, -0.1) is 0 Å². The molecular formula is C28H21NO4. The average Bonchev–Trinajstić information content (AvgIpc) is 3.09. The molecule has 0 radical (unpaired) electrons. The van der Waals surface area contributed by atoms with Crippen LogP contribution in [-0.2, 0) is 14.4 Å². The molecule has 2 heterocycles. The molecule has 5 nitrogen and oxygen atoms in total. The maximum atomic E-state index is 13.8. The first-order valence-electron chi connectivity index (χ1n) is 11.1. The van der Waals surface area contributed by atoms with Gasteiger partial charge in [-0.25, -0.2) is 4.90 Å². The quantitative estimate of drug-likeness (QED) is 0.337. The van der Waals surface area contributed by atoms with Gasteiger partial charge in [0.25, 0.3) is 0 Å². The van der Waals surface area contributed by atoms with Crippen LogP contribution in [0.15, 0.2) is 84.9 Å². The Morgan fingerprint density at radius 3 is 2.18 bits per heavy atom. The number of carbonyl (C=O) groups is 3. The number of hydrogen-bond acceptors (Lipinski definition) is 4. The molecule has 3 aromatic carbocycles. The Labute approximate surface area is 191 Å². The summed E-state index contributed by atoms with van der Waals surface area (Å²) in [5.41, 5.74) is 4.03. The van der Waals surface area contributed by atoms with E-state index in [1.807, 2.05) is 67.6 Å². The van der Waals surface area contributed by atoms with Crippen molar-refractivity contribution < 1.29 is 19.1 Å². The zero-order valence-electron chi connectivity index (χ0n) is 18.0. The van der Waals surface area contributed by atoms with Crippen LogP contribution in [0.5, 0.6) is 5.75 Å². The van der Waals surface area contributed by atoms with Crippen molar-refractivity contribution in [3.8, 4) is 5.75 Å². The van der Waals surface area contributed by atoms with Crippen LogP contribution in [0.4, 0.5) is 5.69 Å². The lowest BCUT2D eigenvalue weighted by Crippen LogP contribution is -2.42. The van der Waals surface area contributed by atoms with Gasteiger partial charge in [0, 0.05) is 11.5 Å². The van der Waals surface area contributed by atoms with Gasteiger partial charge in [-0.1, -0.05) is 66.7 Å². The summed E-state index contributed by atoms with van der Waals surface area (Å²) < 4.78 is 5.69. The molecule has 0 aromatic heterocycles.